The van der Waals surface area contributed by atoms with Gasteiger partial charge in [-0.3, -0.25) is 10.1 Å². The van der Waals surface area contributed by atoms with E-state index >= 15 is 0 Å². The Morgan fingerprint density at radius 3 is 1.88 bits per heavy atom. The SMILES string of the molecule is O=[N+]([O-])c1ccc(OC(c2ccccc2)c2ccccc2)c(Cl)c1. The summed E-state index contributed by atoms with van der Waals surface area (Å²) in [5.41, 5.74) is 1.87. The first kappa shape index (κ1) is 16.0. The zero-order chi connectivity index (χ0) is 16.9. The molecule has 4 nitrogen and oxygen atoms in total. The van der Waals surface area contributed by atoms with Crippen LogP contribution in [0.2, 0.25) is 5.02 Å². The van der Waals surface area contributed by atoms with Gasteiger partial charge in [0.05, 0.1) is 9.95 Å². The van der Waals surface area contributed by atoms with Crippen LogP contribution < -0.4 is 4.74 Å². The van der Waals surface area contributed by atoms with Crippen molar-refractivity contribution < 1.29 is 9.66 Å². The fourth-order valence-electron chi connectivity index (χ4n) is 2.41. The first-order chi connectivity index (χ1) is 11.6. The number of nitrogens with zero attached hydrogens (tertiary/aromatic N) is 1. The number of non-ortho nitro benzene ring substituents is 1. The minimum Gasteiger partial charge on any atom is -0.479 e. The van der Waals surface area contributed by atoms with E-state index in [2.05, 4.69) is 0 Å². The van der Waals surface area contributed by atoms with Crippen molar-refractivity contribution in [2.24, 2.45) is 0 Å². The molecule has 0 unspecified atom stereocenters. The summed E-state index contributed by atoms with van der Waals surface area (Å²) in [6.45, 7) is 0. The molecule has 0 bridgehead atoms. The van der Waals surface area contributed by atoms with Crippen molar-refractivity contribution in [1.29, 1.82) is 0 Å². The lowest BCUT2D eigenvalue weighted by atomic mass is 10.0. The van der Waals surface area contributed by atoms with Crippen molar-refractivity contribution in [3.63, 3.8) is 0 Å². The van der Waals surface area contributed by atoms with Gasteiger partial charge in [-0.25, -0.2) is 0 Å². The molecule has 0 aromatic heterocycles. The number of hydrogen-bond acceptors (Lipinski definition) is 3. The highest BCUT2D eigenvalue weighted by atomic mass is 35.5. The first-order valence-electron chi connectivity index (χ1n) is 7.35. The standard InChI is InChI=1S/C19H14ClNO3/c20-17-13-16(21(22)23)11-12-18(17)24-19(14-7-3-1-4-8-14)15-9-5-2-6-10-15/h1-13,19H. The molecule has 120 valence electrons. The predicted octanol–water partition coefficient (Wildman–Crippen LogP) is 5.42. The largest absolute Gasteiger partial charge is 0.479 e. The van der Waals surface area contributed by atoms with E-state index < -0.39 is 4.92 Å². The average Bonchev–Trinajstić information content (AvgIpc) is 2.62. The zero-order valence-corrected chi connectivity index (χ0v) is 13.4. The second kappa shape index (κ2) is 7.15. The van der Waals surface area contributed by atoms with Crippen LogP contribution in [0.1, 0.15) is 17.2 Å². The van der Waals surface area contributed by atoms with Gasteiger partial charge in [-0.1, -0.05) is 72.3 Å². The number of halogens is 1. The van der Waals surface area contributed by atoms with Crippen molar-refractivity contribution in [3.05, 3.63) is 105 Å². The molecular formula is C19H14ClNO3. The summed E-state index contributed by atoms with van der Waals surface area (Å²) in [6, 6.07) is 23.7. The van der Waals surface area contributed by atoms with Gasteiger partial charge in [0.25, 0.3) is 5.69 Å². The van der Waals surface area contributed by atoms with E-state index in [1.165, 1.54) is 18.2 Å². The van der Waals surface area contributed by atoms with Crippen molar-refractivity contribution >= 4 is 17.3 Å². The third-order valence-electron chi connectivity index (χ3n) is 3.58. The molecule has 0 aliphatic rings. The van der Waals surface area contributed by atoms with Crippen LogP contribution in [0, 0.1) is 10.1 Å². The lowest BCUT2D eigenvalue weighted by Gasteiger charge is -2.20. The first-order valence-corrected chi connectivity index (χ1v) is 7.73. The van der Waals surface area contributed by atoms with E-state index in [4.69, 9.17) is 16.3 Å². The average molecular weight is 340 g/mol. The van der Waals surface area contributed by atoms with Crippen LogP contribution in [0.15, 0.2) is 78.9 Å². The molecule has 0 radical (unpaired) electrons. The Morgan fingerprint density at radius 1 is 0.875 bits per heavy atom. The maximum Gasteiger partial charge on any atom is 0.271 e. The highest BCUT2D eigenvalue weighted by molar-refractivity contribution is 6.32. The molecule has 0 saturated carbocycles. The van der Waals surface area contributed by atoms with Gasteiger partial charge in [0.2, 0.25) is 0 Å². The topological polar surface area (TPSA) is 52.4 Å². The van der Waals surface area contributed by atoms with E-state index in [9.17, 15) is 10.1 Å². The third-order valence-corrected chi connectivity index (χ3v) is 3.87. The summed E-state index contributed by atoms with van der Waals surface area (Å²) < 4.78 is 6.10. The summed E-state index contributed by atoms with van der Waals surface area (Å²) in [5.74, 6) is 0.403. The lowest BCUT2D eigenvalue weighted by molar-refractivity contribution is -0.384. The predicted molar refractivity (Wildman–Crippen MR) is 93.5 cm³/mol. The molecule has 0 N–H and O–H groups in total. The molecule has 0 saturated heterocycles. The van der Waals surface area contributed by atoms with Gasteiger partial charge in [-0.15, -0.1) is 0 Å². The van der Waals surface area contributed by atoms with E-state index in [0.717, 1.165) is 11.1 Å². The van der Waals surface area contributed by atoms with E-state index in [-0.39, 0.29) is 16.8 Å². The molecule has 0 heterocycles. The number of nitro benzene ring substituents is 1. The summed E-state index contributed by atoms with van der Waals surface area (Å²) in [5, 5.41) is 11.0. The minimum absolute atomic E-state index is 0.0664. The summed E-state index contributed by atoms with van der Waals surface area (Å²) in [7, 11) is 0. The molecule has 0 spiro atoms. The molecule has 0 amide bonds. The maximum absolute atomic E-state index is 10.8. The number of hydrogen-bond donors (Lipinski definition) is 0. The second-order valence-corrected chi connectivity index (χ2v) is 5.60. The Morgan fingerprint density at radius 2 is 1.42 bits per heavy atom. The van der Waals surface area contributed by atoms with Gasteiger partial charge < -0.3 is 4.74 Å². The van der Waals surface area contributed by atoms with Crippen LogP contribution in [-0.2, 0) is 0 Å². The number of nitro groups is 1. The van der Waals surface area contributed by atoms with Gasteiger partial charge in [0, 0.05) is 12.1 Å². The van der Waals surface area contributed by atoms with Crippen LogP contribution in [0.25, 0.3) is 0 Å². The Labute approximate surface area is 144 Å². The van der Waals surface area contributed by atoms with Crippen LogP contribution in [0.3, 0.4) is 0 Å². The van der Waals surface area contributed by atoms with Crippen LogP contribution in [0.4, 0.5) is 5.69 Å². The molecule has 0 aliphatic heterocycles. The number of rotatable bonds is 5. The van der Waals surface area contributed by atoms with Gasteiger partial charge in [-0.2, -0.15) is 0 Å². The highest BCUT2D eigenvalue weighted by Gasteiger charge is 2.18. The highest BCUT2D eigenvalue weighted by Crippen LogP contribution is 2.34. The molecule has 3 aromatic rings. The van der Waals surface area contributed by atoms with Crippen LogP contribution >= 0.6 is 11.6 Å². The van der Waals surface area contributed by atoms with E-state index in [0.29, 0.717) is 5.75 Å². The van der Waals surface area contributed by atoms with Gasteiger partial charge in [0.1, 0.15) is 11.9 Å². The smallest absolute Gasteiger partial charge is 0.271 e. The fraction of sp³-hybridized carbons (Fsp3) is 0.0526. The fourth-order valence-corrected chi connectivity index (χ4v) is 2.63. The van der Waals surface area contributed by atoms with Crippen LogP contribution in [0.5, 0.6) is 5.75 Å². The molecule has 3 rings (SSSR count). The van der Waals surface area contributed by atoms with Crippen LogP contribution in [-0.4, -0.2) is 4.92 Å². The van der Waals surface area contributed by atoms with Gasteiger partial charge in [0.15, 0.2) is 0 Å². The van der Waals surface area contributed by atoms with Crippen molar-refractivity contribution in [1.82, 2.24) is 0 Å². The monoisotopic (exact) mass is 339 g/mol. The minimum atomic E-state index is -0.485. The molecular weight excluding hydrogens is 326 g/mol. The van der Waals surface area contributed by atoms with E-state index in [1.807, 2.05) is 60.7 Å². The van der Waals surface area contributed by atoms with Gasteiger partial charge in [-0.05, 0) is 17.2 Å². The molecule has 24 heavy (non-hydrogen) atoms. The molecule has 0 fully saturated rings. The molecule has 0 aliphatic carbocycles. The zero-order valence-electron chi connectivity index (χ0n) is 12.6. The van der Waals surface area contributed by atoms with Crippen molar-refractivity contribution in [3.8, 4) is 5.75 Å². The summed E-state index contributed by atoms with van der Waals surface area (Å²) >= 11 is 6.16. The Balaban J connectivity index is 1.97. The normalized spacial score (nSPS) is 10.6. The maximum atomic E-state index is 10.8. The van der Waals surface area contributed by atoms with Crippen molar-refractivity contribution in [2.75, 3.05) is 0 Å². The second-order valence-electron chi connectivity index (χ2n) is 5.19. The Bertz CT molecular complexity index is 798. The number of benzene rings is 3. The van der Waals surface area contributed by atoms with E-state index in [1.54, 1.807) is 0 Å². The van der Waals surface area contributed by atoms with Gasteiger partial charge >= 0.3 is 0 Å². The molecule has 5 heteroatoms. The summed E-state index contributed by atoms with van der Waals surface area (Å²) in [4.78, 5) is 10.4. The summed E-state index contributed by atoms with van der Waals surface area (Å²) in [6.07, 6.45) is -0.355. The number of ether oxygens (including phenoxy) is 1. The Hall–Kier alpha value is -2.85. The molecule has 3 aromatic carbocycles. The molecule has 0 atom stereocenters. The quantitative estimate of drug-likeness (QED) is 0.461. The Kier molecular flexibility index (Phi) is 4.77. The lowest BCUT2D eigenvalue weighted by Crippen LogP contribution is -2.09. The van der Waals surface area contributed by atoms with Crippen molar-refractivity contribution in [2.45, 2.75) is 6.10 Å². The third kappa shape index (κ3) is 3.55.